The summed E-state index contributed by atoms with van der Waals surface area (Å²) in [6.45, 7) is 0.662. The largest absolute Gasteiger partial charge is 0.426 e. The third-order valence-electron chi connectivity index (χ3n) is 0.295. The molecule has 4 heteroatoms. The van der Waals surface area contributed by atoms with Crippen LogP contribution in [0.2, 0.25) is 0 Å². The Labute approximate surface area is 50.9 Å². The Morgan fingerprint density at radius 1 is 1.67 bits per heavy atom. The summed E-state index contributed by atoms with van der Waals surface area (Å²) in [4.78, 5) is 0. The van der Waals surface area contributed by atoms with Crippen LogP contribution in [0.3, 0.4) is 0 Å². The molecule has 1 N–H and O–H groups in total. The first kappa shape index (κ1) is 9.82. The molecule has 43 valence electrons. The smallest absolute Gasteiger partial charge is 0.146 e. The molecule has 0 unspecified atom stereocenters. The van der Waals surface area contributed by atoms with E-state index < -0.39 is 0 Å². The second-order valence-electron chi connectivity index (χ2n) is 0.716. The molecule has 0 heterocycles. The second kappa shape index (κ2) is 9.17. The van der Waals surface area contributed by atoms with Gasteiger partial charge >= 0.3 is 0 Å². The van der Waals surface area contributed by atoms with Gasteiger partial charge in [0.15, 0.2) is 0 Å². The Hall–Kier alpha value is 0.656. The van der Waals surface area contributed by atoms with Gasteiger partial charge in [-0.3, -0.25) is 0 Å². The molecule has 6 heavy (non-hydrogen) atoms. The van der Waals surface area contributed by atoms with Crippen LogP contribution in [0.25, 0.3) is 0 Å². The first-order chi connectivity index (χ1) is 2.41. The van der Waals surface area contributed by atoms with Gasteiger partial charge in [0, 0.05) is 17.1 Å². The summed E-state index contributed by atoms with van der Waals surface area (Å²) >= 11 is 0. The Morgan fingerprint density at radius 2 is 2.17 bits per heavy atom. The molecule has 0 aliphatic carbocycles. The fourth-order valence-corrected chi connectivity index (χ4v) is 0.274. The van der Waals surface area contributed by atoms with Crippen molar-refractivity contribution in [1.82, 2.24) is 0 Å². The van der Waals surface area contributed by atoms with Crippen molar-refractivity contribution in [2.75, 3.05) is 13.2 Å². The molecule has 0 saturated heterocycles. The predicted octanol–water partition coefficient (Wildman–Crippen LogP) is -1.73. The molecule has 0 aromatic carbocycles. The van der Waals surface area contributed by atoms with Crippen LogP contribution < -0.4 is 0 Å². The third-order valence-corrected chi connectivity index (χ3v) is 0.704. The molecule has 1 radical (unpaired) electrons. The van der Waals surface area contributed by atoms with Crippen molar-refractivity contribution in [2.45, 2.75) is 0 Å². The Bertz CT molecular complexity index is 19.0. The standard InChI is InChI=1S/C2H8O2Si.Cu/c3-1-2-4-5;/h3H,1-2H2,5H3;. The minimum absolute atomic E-state index is 0. The van der Waals surface area contributed by atoms with Gasteiger partial charge in [-0.15, -0.1) is 0 Å². The molecule has 0 atom stereocenters. The summed E-state index contributed by atoms with van der Waals surface area (Å²) in [6, 6.07) is 0. The molecule has 0 spiro atoms. The van der Waals surface area contributed by atoms with E-state index in [0.29, 0.717) is 6.61 Å². The van der Waals surface area contributed by atoms with Crippen molar-refractivity contribution in [3.63, 3.8) is 0 Å². The van der Waals surface area contributed by atoms with E-state index in [9.17, 15) is 0 Å². The SMILES string of the molecule is OCCO[SiH3].[Cu]. The van der Waals surface area contributed by atoms with Crippen LogP contribution >= 0.6 is 0 Å². The predicted molar refractivity (Wildman–Crippen MR) is 23.0 cm³/mol. The molecule has 0 aromatic rings. The molecule has 0 amide bonds. The molecule has 0 bridgehead atoms. The Balaban J connectivity index is 0. The molecule has 0 fully saturated rings. The molecule has 0 rings (SSSR count). The summed E-state index contributed by atoms with van der Waals surface area (Å²) in [7, 11) is 0.739. The van der Waals surface area contributed by atoms with E-state index in [-0.39, 0.29) is 23.7 Å². The summed E-state index contributed by atoms with van der Waals surface area (Å²) in [5.41, 5.74) is 0. The number of aliphatic hydroxyl groups excluding tert-OH is 1. The van der Waals surface area contributed by atoms with Gasteiger partial charge in [0.1, 0.15) is 10.5 Å². The van der Waals surface area contributed by atoms with E-state index in [2.05, 4.69) is 4.43 Å². The minimum atomic E-state index is 0. The summed E-state index contributed by atoms with van der Waals surface area (Å²) in [6.07, 6.45) is 0. The van der Waals surface area contributed by atoms with Crippen molar-refractivity contribution in [3.8, 4) is 0 Å². The number of aliphatic hydroxyl groups is 1. The van der Waals surface area contributed by atoms with Gasteiger partial charge in [0.2, 0.25) is 0 Å². The molecule has 0 aromatic heterocycles. The molecule has 0 saturated carbocycles. The van der Waals surface area contributed by atoms with E-state index in [1.807, 2.05) is 0 Å². The van der Waals surface area contributed by atoms with Gasteiger partial charge in [-0.2, -0.15) is 0 Å². The molecule has 0 aliphatic heterocycles. The molecule has 0 aliphatic rings. The summed E-state index contributed by atoms with van der Waals surface area (Å²) < 4.78 is 4.58. The maximum absolute atomic E-state index is 7.96. The Kier molecular flexibility index (Phi) is 15.0. The monoisotopic (exact) mass is 155 g/mol. The van der Waals surface area contributed by atoms with Crippen molar-refractivity contribution in [1.29, 1.82) is 0 Å². The van der Waals surface area contributed by atoms with Crippen LogP contribution in [-0.4, -0.2) is 28.8 Å². The van der Waals surface area contributed by atoms with Crippen LogP contribution in [0, 0.1) is 0 Å². The van der Waals surface area contributed by atoms with Crippen molar-refractivity contribution in [3.05, 3.63) is 0 Å². The first-order valence-electron chi connectivity index (χ1n) is 1.51. The quantitative estimate of drug-likeness (QED) is 0.481. The van der Waals surface area contributed by atoms with Gasteiger partial charge in [-0.05, 0) is 0 Å². The van der Waals surface area contributed by atoms with Gasteiger partial charge in [0.25, 0.3) is 0 Å². The topological polar surface area (TPSA) is 29.5 Å². The van der Waals surface area contributed by atoms with Gasteiger partial charge in [-0.1, -0.05) is 0 Å². The van der Waals surface area contributed by atoms with Crippen LogP contribution in [-0.2, 0) is 21.5 Å². The number of rotatable bonds is 2. The fraction of sp³-hybridized carbons (Fsp3) is 1.00. The first-order valence-corrected chi connectivity index (χ1v) is 2.33. The maximum atomic E-state index is 7.96. The third kappa shape index (κ3) is 8.82. The zero-order valence-electron chi connectivity index (χ0n) is 3.57. The molecular formula is C2H8CuO2Si. The Morgan fingerprint density at radius 3 is 2.17 bits per heavy atom. The average Bonchev–Trinajstić information content (AvgIpc) is 1.41. The molecular weight excluding hydrogens is 148 g/mol. The van der Waals surface area contributed by atoms with Gasteiger partial charge < -0.3 is 9.53 Å². The second-order valence-corrected chi connectivity index (χ2v) is 1.29. The van der Waals surface area contributed by atoms with Gasteiger partial charge in [-0.25, -0.2) is 0 Å². The number of hydrogen-bond donors (Lipinski definition) is 1. The van der Waals surface area contributed by atoms with Crippen LogP contribution in [0.1, 0.15) is 0 Å². The fourth-order valence-electron chi connectivity index (χ4n) is 0.0913. The average molecular weight is 156 g/mol. The normalized spacial score (nSPS) is 7.50. The zero-order chi connectivity index (χ0) is 4.12. The van der Waals surface area contributed by atoms with Crippen LogP contribution in [0.5, 0.6) is 0 Å². The van der Waals surface area contributed by atoms with Crippen LogP contribution in [0.15, 0.2) is 0 Å². The van der Waals surface area contributed by atoms with E-state index >= 15 is 0 Å². The van der Waals surface area contributed by atoms with Crippen molar-refractivity contribution in [2.24, 2.45) is 0 Å². The van der Waals surface area contributed by atoms with Crippen molar-refractivity contribution < 1.29 is 26.6 Å². The van der Waals surface area contributed by atoms with E-state index in [1.165, 1.54) is 0 Å². The van der Waals surface area contributed by atoms with Crippen LogP contribution in [0.4, 0.5) is 0 Å². The number of hydrogen-bond acceptors (Lipinski definition) is 2. The summed E-state index contributed by atoms with van der Waals surface area (Å²) in [5.74, 6) is 0. The van der Waals surface area contributed by atoms with E-state index in [0.717, 1.165) is 10.5 Å². The summed E-state index contributed by atoms with van der Waals surface area (Å²) in [5, 5.41) is 7.96. The van der Waals surface area contributed by atoms with Crippen molar-refractivity contribution >= 4 is 10.5 Å². The van der Waals surface area contributed by atoms with E-state index in [1.54, 1.807) is 0 Å². The van der Waals surface area contributed by atoms with E-state index in [4.69, 9.17) is 5.11 Å². The van der Waals surface area contributed by atoms with Gasteiger partial charge in [0.05, 0.1) is 13.2 Å². The molecule has 2 nitrogen and oxygen atoms in total. The maximum Gasteiger partial charge on any atom is 0.146 e. The zero-order valence-corrected chi connectivity index (χ0v) is 6.51. The minimum Gasteiger partial charge on any atom is -0.426 e.